The van der Waals surface area contributed by atoms with Crippen molar-refractivity contribution in [2.45, 2.75) is 45.6 Å². The Morgan fingerprint density at radius 2 is 1.78 bits per heavy atom. The summed E-state index contributed by atoms with van der Waals surface area (Å²) in [6.45, 7) is 8.35. The van der Waals surface area contributed by atoms with Crippen molar-refractivity contribution in [1.82, 2.24) is 15.3 Å². The van der Waals surface area contributed by atoms with Crippen molar-refractivity contribution >= 4 is 45.5 Å². The predicted octanol–water partition coefficient (Wildman–Crippen LogP) is 7.33. The lowest BCUT2D eigenvalue weighted by atomic mass is 9.87. The van der Waals surface area contributed by atoms with Gasteiger partial charge in [0.1, 0.15) is 10.8 Å². The van der Waals surface area contributed by atoms with Crippen LogP contribution < -0.4 is 20.7 Å². The molecule has 0 radical (unpaired) electrons. The molecule has 1 saturated heterocycles. The fourth-order valence-electron chi connectivity index (χ4n) is 4.82. The molecule has 4 aromatic rings. The molecule has 1 aliphatic heterocycles. The SMILES string of the molecule is Cc1cc(Nc2ncc(Cl)c(Nc3cccc4ccccc34)n2)c(OC(C)C)cc1C1CCNCC1. The Kier molecular flexibility index (Phi) is 7.25. The highest BCUT2D eigenvalue weighted by Crippen LogP contribution is 2.37. The van der Waals surface area contributed by atoms with Crippen molar-refractivity contribution in [2.75, 3.05) is 23.7 Å². The van der Waals surface area contributed by atoms with Gasteiger partial charge >= 0.3 is 0 Å². The number of piperidine rings is 1. The zero-order chi connectivity index (χ0) is 25.1. The van der Waals surface area contributed by atoms with E-state index < -0.39 is 0 Å². The summed E-state index contributed by atoms with van der Waals surface area (Å²) in [5.41, 5.74) is 4.37. The third-order valence-electron chi connectivity index (χ3n) is 6.54. The van der Waals surface area contributed by atoms with Gasteiger partial charge in [0.2, 0.25) is 5.95 Å². The molecule has 0 aliphatic carbocycles. The van der Waals surface area contributed by atoms with E-state index in [1.165, 1.54) is 11.1 Å². The van der Waals surface area contributed by atoms with E-state index >= 15 is 0 Å². The second-order valence-electron chi connectivity index (χ2n) is 9.56. The van der Waals surface area contributed by atoms with Crippen LogP contribution in [-0.2, 0) is 0 Å². The van der Waals surface area contributed by atoms with Gasteiger partial charge in [-0.25, -0.2) is 4.98 Å². The Bertz CT molecular complexity index is 1360. The Morgan fingerprint density at radius 1 is 1.00 bits per heavy atom. The predicted molar refractivity (Wildman–Crippen MR) is 149 cm³/mol. The molecule has 0 saturated carbocycles. The highest BCUT2D eigenvalue weighted by molar-refractivity contribution is 6.33. The van der Waals surface area contributed by atoms with Crippen LogP contribution in [0.5, 0.6) is 5.75 Å². The molecule has 2 heterocycles. The van der Waals surface area contributed by atoms with Gasteiger partial charge in [-0.3, -0.25) is 0 Å². The molecule has 6 nitrogen and oxygen atoms in total. The lowest BCUT2D eigenvalue weighted by molar-refractivity contribution is 0.243. The Hall–Kier alpha value is -3.35. The minimum Gasteiger partial charge on any atom is -0.489 e. The van der Waals surface area contributed by atoms with Gasteiger partial charge < -0.3 is 20.7 Å². The van der Waals surface area contributed by atoms with Crippen molar-refractivity contribution in [3.63, 3.8) is 0 Å². The van der Waals surface area contributed by atoms with Gasteiger partial charge in [-0.2, -0.15) is 4.98 Å². The average molecular weight is 502 g/mol. The second kappa shape index (κ2) is 10.7. The summed E-state index contributed by atoms with van der Waals surface area (Å²) < 4.78 is 6.23. The molecule has 0 unspecified atom stereocenters. The van der Waals surface area contributed by atoms with Crippen molar-refractivity contribution in [3.8, 4) is 5.75 Å². The van der Waals surface area contributed by atoms with Crippen LogP contribution in [0.1, 0.15) is 43.7 Å². The topological polar surface area (TPSA) is 71.1 Å². The van der Waals surface area contributed by atoms with Crippen molar-refractivity contribution in [2.24, 2.45) is 0 Å². The standard InChI is InChI=1S/C29H32ClN5O/c1-18(2)36-27-16-23(21-11-13-31-14-12-21)19(3)15-26(27)34-29-32-17-24(30)28(35-29)33-25-10-6-8-20-7-4-5-9-22(20)25/h4-10,15-18,21,31H,11-14H2,1-3H3,(H2,32,33,34,35). The molecule has 5 rings (SSSR count). The number of benzene rings is 3. The molecule has 3 aromatic carbocycles. The fraction of sp³-hybridized carbons (Fsp3) is 0.310. The minimum atomic E-state index is 0.0452. The molecule has 1 aromatic heterocycles. The molecule has 0 amide bonds. The van der Waals surface area contributed by atoms with Gasteiger partial charge in [-0.05, 0) is 87.3 Å². The molecule has 1 fully saturated rings. The summed E-state index contributed by atoms with van der Waals surface area (Å²) in [5.74, 6) is 2.34. The Labute approximate surface area is 217 Å². The number of anilines is 4. The van der Waals surface area contributed by atoms with Crippen molar-refractivity contribution in [1.29, 1.82) is 0 Å². The third kappa shape index (κ3) is 5.40. The maximum atomic E-state index is 6.49. The van der Waals surface area contributed by atoms with Crippen molar-refractivity contribution in [3.05, 3.63) is 76.9 Å². The number of nitrogens with zero attached hydrogens (tertiary/aromatic N) is 2. The summed E-state index contributed by atoms with van der Waals surface area (Å²) in [5, 5.41) is 12.9. The van der Waals surface area contributed by atoms with Gasteiger partial charge in [-0.1, -0.05) is 48.0 Å². The second-order valence-corrected chi connectivity index (χ2v) is 9.97. The summed E-state index contributed by atoms with van der Waals surface area (Å²) in [6.07, 6.45) is 3.93. The third-order valence-corrected chi connectivity index (χ3v) is 6.82. The van der Waals surface area contributed by atoms with E-state index in [1.54, 1.807) is 6.20 Å². The van der Waals surface area contributed by atoms with E-state index in [-0.39, 0.29) is 6.10 Å². The molecular formula is C29H32ClN5O. The summed E-state index contributed by atoms with van der Waals surface area (Å²) in [6, 6.07) is 18.7. The smallest absolute Gasteiger partial charge is 0.229 e. The van der Waals surface area contributed by atoms with E-state index in [9.17, 15) is 0 Å². The zero-order valence-electron chi connectivity index (χ0n) is 20.9. The maximum Gasteiger partial charge on any atom is 0.229 e. The number of aryl methyl sites for hydroxylation is 1. The lowest BCUT2D eigenvalue weighted by Gasteiger charge is -2.26. The monoisotopic (exact) mass is 501 g/mol. The van der Waals surface area contributed by atoms with Crippen molar-refractivity contribution < 1.29 is 4.74 Å². The van der Waals surface area contributed by atoms with Crippen LogP contribution in [0.25, 0.3) is 10.8 Å². The van der Waals surface area contributed by atoms with Gasteiger partial charge in [0.15, 0.2) is 5.82 Å². The van der Waals surface area contributed by atoms with Crippen LogP contribution in [0.15, 0.2) is 60.8 Å². The molecular weight excluding hydrogens is 470 g/mol. The largest absolute Gasteiger partial charge is 0.489 e. The number of ether oxygens (including phenoxy) is 1. The van der Waals surface area contributed by atoms with Crippen LogP contribution in [0.2, 0.25) is 5.02 Å². The molecule has 1 aliphatic rings. The molecule has 0 spiro atoms. The first-order valence-corrected chi connectivity index (χ1v) is 12.9. The molecule has 186 valence electrons. The summed E-state index contributed by atoms with van der Waals surface area (Å²) in [4.78, 5) is 9.15. The van der Waals surface area contributed by atoms with E-state index in [0.29, 0.717) is 22.7 Å². The van der Waals surface area contributed by atoms with Gasteiger partial charge in [0.25, 0.3) is 0 Å². The highest BCUT2D eigenvalue weighted by Gasteiger charge is 2.20. The number of nitrogens with one attached hydrogen (secondary N) is 3. The van der Waals surface area contributed by atoms with E-state index in [2.05, 4.69) is 58.2 Å². The zero-order valence-corrected chi connectivity index (χ0v) is 21.7. The van der Waals surface area contributed by atoms with E-state index in [0.717, 1.165) is 53.8 Å². The normalized spacial score (nSPS) is 14.2. The quantitative estimate of drug-likeness (QED) is 0.246. The minimum absolute atomic E-state index is 0.0452. The number of hydrogen-bond donors (Lipinski definition) is 3. The fourth-order valence-corrected chi connectivity index (χ4v) is 4.96. The van der Waals surface area contributed by atoms with E-state index in [1.807, 2.05) is 38.1 Å². The molecule has 0 bridgehead atoms. The first-order valence-electron chi connectivity index (χ1n) is 12.5. The first kappa shape index (κ1) is 24.3. The number of aromatic nitrogens is 2. The Morgan fingerprint density at radius 3 is 2.58 bits per heavy atom. The molecule has 3 N–H and O–H groups in total. The van der Waals surface area contributed by atoms with Gasteiger partial charge in [0, 0.05) is 11.1 Å². The van der Waals surface area contributed by atoms with E-state index in [4.69, 9.17) is 21.3 Å². The average Bonchev–Trinajstić information content (AvgIpc) is 2.88. The molecule has 36 heavy (non-hydrogen) atoms. The van der Waals surface area contributed by atoms with Gasteiger partial charge in [-0.15, -0.1) is 0 Å². The van der Waals surface area contributed by atoms with Gasteiger partial charge in [0.05, 0.1) is 18.0 Å². The Balaban J connectivity index is 1.45. The number of hydrogen-bond acceptors (Lipinski definition) is 6. The molecule has 7 heteroatoms. The first-order chi connectivity index (χ1) is 17.5. The number of halogens is 1. The maximum absolute atomic E-state index is 6.49. The van der Waals surface area contributed by atoms with Crippen LogP contribution in [0, 0.1) is 6.92 Å². The van der Waals surface area contributed by atoms with Crippen LogP contribution in [0.4, 0.5) is 23.1 Å². The number of rotatable bonds is 7. The molecule has 0 atom stereocenters. The lowest BCUT2D eigenvalue weighted by Crippen LogP contribution is -2.27. The summed E-state index contributed by atoms with van der Waals surface area (Å²) >= 11 is 6.49. The van der Waals surface area contributed by atoms with Crippen LogP contribution >= 0.6 is 11.6 Å². The van der Waals surface area contributed by atoms with Crippen LogP contribution in [0.3, 0.4) is 0 Å². The highest BCUT2D eigenvalue weighted by atomic mass is 35.5. The number of fused-ring (bicyclic) bond motifs is 1. The van der Waals surface area contributed by atoms with Crippen LogP contribution in [-0.4, -0.2) is 29.2 Å². The summed E-state index contributed by atoms with van der Waals surface area (Å²) in [7, 11) is 0.